The second-order valence-electron chi connectivity index (χ2n) is 6.37. The van der Waals surface area contributed by atoms with E-state index in [0.717, 1.165) is 10.5 Å². The third-order valence-corrected chi connectivity index (χ3v) is 5.24. The van der Waals surface area contributed by atoms with E-state index in [1.54, 1.807) is 12.1 Å². The van der Waals surface area contributed by atoms with Crippen LogP contribution in [-0.2, 0) is 30.6 Å². The van der Waals surface area contributed by atoms with Crippen LogP contribution in [0.4, 0.5) is 4.79 Å². The number of imide groups is 1. The van der Waals surface area contributed by atoms with Crippen molar-refractivity contribution in [3.05, 3.63) is 66.2 Å². The molecule has 0 unspecified atom stereocenters. The summed E-state index contributed by atoms with van der Waals surface area (Å²) < 4.78 is 5.16. The molecule has 0 spiro atoms. The van der Waals surface area contributed by atoms with Crippen LogP contribution in [0.15, 0.2) is 65.6 Å². The first-order chi connectivity index (χ1) is 14.5. The van der Waals surface area contributed by atoms with Gasteiger partial charge in [-0.05, 0) is 17.7 Å². The van der Waals surface area contributed by atoms with Crippen molar-refractivity contribution >= 4 is 35.6 Å². The Kier molecular flexibility index (Phi) is 7.45. The minimum Gasteiger partial charge on any atom is -0.445 e. The van der Waals surface area contributed by atoms with Crippen molar-refractivity contribution in [3.63, 3.8) is 0 Å². The molecule has 3 rings (SSSR count). The molecule has 156 valence electrons. The molecule has 2 aromatic carbocycles. The summed E-state index contributed by atoms with van der Waals surface area (Å²) in [5.74, 6) is -1.97. The van der Waals surface area contributed by atoms with Crippen molar-refractivity contribution in [1.29, 1.82) is 0 Å². The molecule has 1 atom stereocenters. The van der Waals surface area contributed by atoms with Gasteiger partial charge in [-0.15, -0.1) is 16.8 Å². The van der Waals surface area contributed by atoms with Gasteiger partial charge in [0.15, 0.2) is 0 Å². The Morgan fingerprint density at radius 3 is 2.20 bits per heavy atom. The molecule has 3 amide bonds. The minimum atomic E-state index is -1.13. The largest absolute Gasteiger partial charge is 0.445 e. The van der Waals surface area contributed by atoms with Crippen LogP contribution in [0.1, 0.15) is 18.4 Å². The van der Waals surface area contributed by atoms with Crippen molar-refractivity contribution in [2.24, 2.45) is 0 Å². The Morgan fingerprint density at radius 1 is 0.967 bits per heavy atom. The number of nitrogens with one attached hydrogen (secondary N) is 1. The molecular formula is C21H20N2O6S. The standard InChI is InChI=1S/C21H20N2O6S/c24-18-11-12-19(25)23(18)29-20(26)17(14-30-16-9-5-2-6-10-16)22-21(27)28-13-15-7-3-1-4-8-15/h1-10,17H,11-14H2,(H,22,27)/t17-/m0/s1. The summed E-state index contributed by atoms with van der Waals surface area (Å²) in [5.41, 5.74) is 0.790. The lowest BCUT2D eigenvalue weighted by molar-refractivity contribution is -0.198. The van der Waals surface area contributed by atoms with E-state index < -0.39 is 29.9 Å². The smallest absolute Gasteiger partial charge is 0.408 e. The van der Waals surface area contributed by atoms with Gasteiger partial charge in [-0.3, -0.25) is 9.59 Å². The van der Waals surface area contributed by atoms with Gasteiger partial charge in [0.1, 0.15) is 12.6 Å². The molecule has 9 heteroatoms. The van der Waals surface area contributed by atoms with Gasteiger partial charge in [0.2, 0.25) is 0 Å². The summed E-state index contributed by atoms with van der Waals surface area (Å²) in [6.07, 6.45) is -0.835. The monoisotopic (exact) mass is 428 g/mol. The molecule has 1 aliphatic heterocycles. The molecule has 2 aromatic rings. The van der Waals surface area contributed by atoms with Gasteiger partial charge in [-0.1, -0.05) is 48.5 Å². The average Bonchev–Trinajstić information content (AvgIpc) is 3.08. The fourth-order valence-electron chi connectivity index (χ4n) is 2.58. The van der Waals surface area contributed by atoms with Crippen LogP contribution in [-0.4, -0.2) is 40.7 Å². The van der Waals surface area contributed by atoms with Crippen LogP contribution in [0, 0.1) is 0 Å². The van der Waals surface area contributed by atoms with Crippen LogP contribution >= 0.6 is 11.8 Å². The zero-order valence-electron chi connectivity index (χ0n) is 16.0. The maximum atomic E-state index is 12.6. The zero-order chi connectivity index (χ0) is 21.3. The molecule has 0 bridgehead atoms. The number of amides is 3. The molecule has 1 aliphatic rings. The van der Waals surface area contributed by atoms with Crippen LogP contribution in [0.2, 0.25) is 0 Å². The number of ether oxygens (including phenoxy) is 1. The highest BCUT2D eigenvalue weighted by molar-refractivity contribution is 7.99. The molecule has 8 nitrogen and oxygen atoms in total. The molecule has 0 saturated carbocycles. The van der Waals surface area contributed by atoms with Gasteiger partial charge in [-0.25, -0.2) is 9.59 Å². The quantitative estimate of drug-likeness (QED) is 0.509. The number of carbonyl (C=O) groups excluding carboxylic acids is 4. The summed E-state index contributed by atoms with van der Waals surface area (Å²) in [6, 6.07) is 17.2. The zero-order valence-corrected chi connectivity index (χ0v) is 16.8. The number of carbonyl (C=O) groups is 4. The number of benzene rings is 2. The van der Waals surface area contributed by atoms with E-state index in [1.807, 2.05) is 48.5 Å². The van der Waals surface area contributed by atoms with Crippen LogP contribution < -0.4 is 5.32 Å². The number of rotatable bonds is 8. The maximum absolute atomic E-state index is 12.6. The fourth-order valence-corrected chi connectivity index (χ4v) is 3.51. The molecule has 1 saturated heterocycles. The Morgan fingerprint density at radius 2 is 1.57 bits per heavy atom. The Bertz CT molecular complexity index is 890. The lowest BCUT2D eigenvalue weighted by atomic mass is 10.2. The summed E-state index contributed by atoms with van der Waals surface area (Å²) >= 11 is 1.31. The first-order valence-electron chi connectivity index (χ1n) is 9.25. The highest BCUT2D eigenvalue weighted by Gasteiger charge is 2.35. The predicted molar refractivity (Wildman–Crippen MR) is 108 cm³/mol. The van der Waals surface area contributed by atoms with E-state index in [1.165, 1.54) is 11.8 Å². The second-order valence-corrected chi connectivity index (χ2v) is 7.47. The molecule has 1 N–H and O–H groups in total. The van der Waals surface area contributed by atoms with Crippen LogP contribution in [0.5, 0.6) is 0 Å². The molecule has 30 heavy (non-hydrogen) atoms. The normalized spacial score (nSPS) is 14.3. The van der Waals surface area contributed by atoms with Crippen LogP contribution in [0.3, 0.4) is 0 Å². The van der Waals surface area contributed by atoms with Gasteiger partial charge < -0.3 is 14.9 Å². The predicted octanol–water partition coefficient (Wildman–Crippen LogP) is 2.68. The van der Waals surface area contributed by atoms with Crippen LogP contribution in [0.25, 0.3) is 0 Å². The highest BCUT2D eigenvalue weighted by atomic mass is 32.2. The topological polar surface area (TPSA) is 102 Å². The SMILES string of the molecule is O=C(N[C@@H](CSc1ccccc1)C(=O)ON1C(=O)CCC1=O)OCc1ccccc1. The summed E-state index contributed by atoms with van der Waals surface area (Å²) in [4.78, 5) is 54.0. The van der Waals surface area contributed by atoms with Gasteiger partial charge in [0.25, 0.3) is 11.8 Å². The molecule has 0 aliphatic carbocycles. The number of nitrogens with zero attached hydrogens (tertiary/aromatic N) is 1. The summed E-state index contributed by atoms with van der Waals surface area (Å²) in [6.45, 7) is 0.0311. The molecule has 0 aromatic heterocycles. The maximum Gasteiger partial charge on any atom is 0.408 e. The van der Waals surface area contributed by atoms with E-state index in [0.29, 0.717) is 5.06 Å². The van der Waals surface area contributed by atoms with E-state index >= 15 is 0 Å². The van der Waals surface area contributed by atoms with Crippen molar-refractivity contribution < 1.29 is 28.8 Å². The number of hydrogen-bond donors (Lipinski definition) is 1. The Hall–Kier alpha value is -3.33. The van der Waals surface area contributed by atoms with Gasteiger partial charge in [0.05, 0.1) is 0 Å². The summed E-state index contributed by atoms with van der Waals surface area (Å²) in [7, 11) is 0. The highest BCUT2D eigenvalue weighted by Crippen LogP contribution is 2.19. The first-order valence-corrected chi connectivity index (χ1v) is 10.2. The first kappa shape index (κ1) is 21.4. The van der Waals surface area contributed by atoms with Gasteiger partial charge >= 0.3 is 12.1 Å². The molecule has 0 radical (unpaired) electrons. The van der Waals surface area contributed by atoms with E-state index in [9.17, 15) is 19.2 Å². The average molecular weight is 428 g/mol. The third-order valence-electron chi connectivity index (χ3n) is 4.14. The molecular weight excluding hydrogens is 408 g/mol. The Labute approximate surface area is 177 Å². The molecule has 1 fully saturated rings. The lowest BCUT2D eigenvalue weighted by Gasteiger charge is -2.20. The minimum absolute atomic E-state index is 0.0118. The summed E-state index contributed by atoms with van der Waals surface area (Å²) in [5, 5.41) is 2.91. The fraction of sp³-hybridized carbons (Fsp3) is 0.238. The Balaban J connectivity index is 1.61. The third kappa shape index (κ3) is 6.08. The van der Waals surface area contributed by atoms with Gasteiger partial charge in [0, 0.05) is 23.5 Å². The van der Waals surface area contributed by atoms with Crippen molar-refractivity contribution in [2.45, 2.75) is 30.4 Å². The van der Waals surface area contributed by atoms with Crippen molar-refractivity contribution in [1.82, 2.24) is 10.4 Å². The number of hydroxylamine groups is 2. The second kappa shape index (κ2) is 10.4. The molecule has 1 heterocycles. The van der Waals surface area contributed by atoms with E-state index in [2.05, 4.69) is 5.32 Å². The van der Waals surface area contributed by atoms with Gasteiger partial charge in [-0.2, -0.15) is 0 Å². The number of hydrogen-bond acceptors (Lipinski definition) is 7. The number of alkyl carbamates (subject to hydrolysis) is 1. The van der Waals surface area contributed by atoms with E-state index in [4.69, 9.17) is 9.57 Å². The van der Waals surface area contributed by atoms with E-state index in [-0.39, 0.29) is 25.2 Å². The van der Waals surface area contributed by atoms with Crippen molar-refractivity contribution in [3.8, 4) is 0 Å². The number of thioether (sulfide) groups is 1. The van der Waals surface area contributed by atoms with Crippen molar-refractivity contribution in [2.75, 3.05) is 5.75 Å². The lowest BCUT2D eigenvalue weighted by Crippen LogP contribution is -2.47.